The van der Waals surface area contributed by atoms with Gasteiger partial charge in [0.25, 0.3) is 5.91 Å². The number of fused-ring (bicyclic) bond motifs is 1. The highest BCUT2D eigenvalue weighted by atomic mass is 32.1. The molecule has 1 heterocycles. The van der Waals surface area contributed by atoms with Crippen LogP contribution in [0.5, 0.6) is 11.5 Å². The second kappa shape index (κ2) is 4.94. The predicted octanol–water partition coefficient (Wildman–Crippen LogP) is 0.131. The Morgan fingerprint density at radius 3 is 2.79 bits per heavy atom. The molecule has 5 N–H and O–H groups in total. The molecule has 7 nitrogen and oxygen atoms in total. The third-order valence-electron chi connectivity index (χ3n) is 2.49. The first-order valence-corrected chi connectivity index (χ1v) is 5.59. The van der Waals surface area contributed by atoms with E-state index in [1.54, 1.807) is 0 Å². The van der Waals surface area contributed by atoms with Crippen LogP contribution in [0.3, 0.4) is 0 Å². The normalized spacial score (nSPS) is 10.1. The third-order valence-corrected chi connectivity index (χ3v) is 2.61. The van der Waals surface area contributed by atoms with Gasteiger partial charge in [0.05, 0.1) is 16.4 Å². The van der Waals surface area contributed by atoms with Gasteiger partial charge >= 0.3 is 0 Å². The molecular formula is C11H9N3O4S. The van der Waals surface area contributed by atoms with Crippen LogP contribution in [0.15, 0.2) is 23.1 Å². The molecule has 8 heteroatoms. The average molecular weight is 279 g/mol. The Bertz CT molecular complexity index is 726. The summed E-state index contributed by atoms with van der Waals surface area (Å²) >= 11 is 4.46. The summed E-state index contributed by atoms with van der Waals surface area (Å²) in [6.07, 6.45) is 1.21. The minimum Gasteiger partial charge on any atom is -0.504 e. The van der Waals surface area contributed by atoms with Crippen molar-refractivity contribution in [2.24, 2.45) is 0 Å². The zero-order valence-electron chi connectivity index (χ0n) is 9.43. The molecule has 0 spiro atoms. The summed E-state index contributed by atoms with van der Waals surface area (Å²) in [5.74, 6) is -1.73. The molecule has 19 heavy (non-hydrogen) atoms. The summed E-state index contributed by atoms with van der Waals surface area (Å²) in [6, 6.07) is 2.66. The van der Waals surface area contributed by atoms with Gasteiger partial charge in [-0.1, -0.05) is 12.2 Å². The summed E-state index contributed by atoms with van der Waals surface area (Å²) in [5, 5.41) is 18.9. The average Bonchev–Trinajstić information content (AvgIpc) is 2.40. The van der Waals surface area contributed by atoms with Gasteiger partial charge in [0.15, 0.2) is 11.5 Å². The fourth-order valence-corrected chi connectivity index (χ4v) is 1.67. The molecule has 98 valence electrons. The number of carbonyl (C=O) groups is 1. The van der Waals surface area contributed by atoms with Crippen LogP contribution < -0.4 is 16.3 Å². The number of hydrogen-bond donors (Lipinski definition) is 5. The summed E-state index contributed by atoms with van der Waals surface area (Å²) in [5.41, 5.74) is 4.89. The Morgan fingerprint density at radius 1 is 1.37 bits per heavy atom. The molecule has 0 aliphatic heterocycles. The molecule has 0 radical (unpaired) electrons. The lowest BCUT2D eigenvalue weighted by Gasteiger charge is -2.06. The topological polar surface area (TPSA) is 114 Å². The van der Waals surface area contributed by atoms with E-state index in [9.17, 15) is 19.8 Å². The van der Waals surface area contributed by atoms with Crippen molar-refractivity contribution in [1.82, 2.24) is 15.8 Å². The van der Waals surface area contributed by atoms with E-state index in [-0.39, 0.29) is 10.9 Å². The molecule has 0 atom stereocenters. The molecule has 0 aliphatic carbocycles. The second-order valence-corrected chi connectivity index (χ2v) is 3.84. The smallest absolute Gasteiger partial charge is 0.275 e. The number of hydrogen-bond acceptors (Lipinski definition) is 5. The molecule has 2 aromatic rings. The van der Waals surface area contributed by atoms with Crippen LogP contribution in [0.4, 0.5) is 0 Å². The molecule has 1 amide bonds. The number of aromatic amines is 1. The number of benzene rings is 1. The van der Waals surface area contributed by atoms with Crippen LogP contribution in [0.1, 0.15) is 10.4 Å². The van der Waals surface area contributed by atoms with Gasteiger partial charge in [-0.25, -0.2) is 0 Å². The Balaban J connectivity index is 2.63. The van der Waals surface area contributed by atoms with Crippen LogP contribution in [0.2, 0.25) is 0 Å². The molecule has 0 aliphatic rings. The predicted molar refractivity (Wildman–Crippen MR) is 72.2 cm³/mol. The number of H-pyrrole nitrogens is 1. The first-order chi connectivity index (χ1) is 9.06. The van der Waals surface area contributed by atoms with Gasteiger partial charge in [0.1, 0.15) is 5.56 Å². The van der Waals surface area contributed by atoms with Crippen LogP contribution in [0.25, 0.3) is 10.9 Å². The van der Waals surface area contributed by atoms with Crippen molar-refractivity contribution >= 4 is 34.5 Å². The van der Waals surface area contributed by atoms with Gasteiger partial charge in [-0.05, 0) is 12.1 Å². The molecule has 0 unspecified atom stereocenters. The van der Waals surface area contributed by atoms with E-state index in [2.05, 4.69) is 28.1 Å². The third kappa shape index (κ3) is 2.20. The Morgan fingerprint density at radius 2 is 2.11 bits per heavy atom. The summed E-state index contributed by atoms with van der Waals surface area (Å²) in [7, 11) is 0. The number of hydrazine groups is 1. The fourth-order valence-electron chi connectivity index (χ4n) is 1.61. The van der Waals surface area contributed by atoms with Crippen LogP contribution in [0, 0.1) is 0 Å². The zero-order valence-corrected chi connectivity index (χ0v) is 10.2. The van der Waals surface area contributed by atoms with Crippen LogP contribution in [-0.2, 0) is 0 Å². The van der Waals surface area contributed by atoms with E-state index in [0.717, 1.165) is 5.49 Å². The Labute approximate surface area is 111 Å². The van der Waals surface area contributed by atoms with Crippen molar-refractivity contribution in [2.75, 3.05) is 0 Å². The van der Waals surface area contributed by atoms with E-state index in [1.807, 2.05) is 0 Å². The lowest BCUT2D eigenvalue weighted by atomic mass is 10.1. The summed E-state index contributed by atoms with van der Waals surface area (Å²) < 4.78 is 0. The van der Waals surface area contributed by atoms with E-state index >= 15 is 0 Å². The number of rotatable bonds is 3. The van der Waals surface area contributed by atoms with Gasteiger partial charge in [-0.2, -0.15) is 0 Å². The van der Waals surface area contributed by atoms with Crippen molar-refractivity contribution in [3.05, 3.63) is 34.1 Å². The molecule has 2 rings (SSSR count). The Hall–Kier alpha value is -2.61. The maximum Gasteiger partial charge on any atom is 0.275 e. The zero-order chi connectivity index (χ0) is 14.0. The standard InChI is InChI=1S/C11H9N3O4S/c15-7-2-1-6-8(10(7)17)9(16)5(3-12-6)11(18)14-13-4-19/h1-4,15,17H,(H,12,16)(H,13,19)(H,14,18). The number of carbonyl (C=O) groups excluding carboxylic acids is 1. The van der Waals surface area contributed by atoms with E-state index in [0.29, 0.717) is 5.52 Å². The van der Waals surface area contributed by atoms with Gasteiger partial charge in [-0.15, -0.1) is 0 Å². The van der Waals surface area contributed by atoms with Gasteiger partial charge < -0.3 is 15.2 Å². The van der Waals surface area contributed by atoms with Crippen LogP contribution >= 0.6 is 12.2 Å². The first-order valence-electron chi connectivity index (χ1n) is 5.12. The van der Waals surface area contributed by atoms with Gasteiger partial charge in [0, 0.05) is 6.20 Å². The highest BCUT2D eigenvalue weighted by Crippen LogP contribution is 2.30. The van der Waals surface area contributed by atoms with Crippen molar-refractivity contribution in [3.8, 4) is 11.5 Å². The monoisotopic (exact) mass is 279 g/mol. The maximum atomic E-state index is 12.1. The molecule has 0 fully saturated rings. The maximum absolute atomic E-state index is 12.1. The van der Waals surface area contributed by atoms with E-state index in [1.165, 1.54) is 18.3 Å². The van der Waals surface area contributed by atoms with Crippen LogP contribution in [-0.4, -0.2) is 26.6 Å². The number of phenolic OH excluding ortho intramolecular Hbond substituents is 2. The molecule has 0 saturated carbocycles. The quantitative estimate of drug-likeness (QED) is 0.310. The molecule has 0 bridgehead atoms. The SMILES string of the molecule is O=C(NNC=S)c1c[nH]c2ccc(O)c(O)c2c1=O. The first kappa shape index (κ1) is 12.8. The second-order valence-electron chi connectivity index (χ2n) is 3.60. The van der Waals surface area contributed by atoms with Gasteiger partial charge in [0.2, 0.25) is 5.43 Å². The number of phenols is 2. The minimum absolute atomic E-state index is 0.157. The lowest BCUT2D eigenvalue weighted by Crippen LogP contribution is -2.38. The number of nitrogens with one attached hydrogen (secondary N) is 3. The highest BCUT2D eigenvalue weighted by molar-refractivity contribution is 7.78. The lowest BCUT2D eigenvalue weighted by molar-refractivity contribution is 0.0943. The summed E-state index contributed by atoms with van der Waals surface area (Å²) in [6.45, 7) is 0. The highest BCUT2D eigenvalue weighted by Gasteiger charge is 2.16. The van der Waals surface area contributed by atoms with Crippen molar-refractivity contribution in [3.63, 3.8) is 0 Å². The van der Waals surface area contributed by atoms with Crippen molar-refractivity contribution in [1.29, 1.82) is 0 Å². The van der Waals surface area contributed by atoms with E-state index < -0.39 is 22.8 Å². The molecular weight excluding hydrogens is 270 g/mol. The number of thiocarbonyl (C=S) groups is 1. The summed E-state index contributed by atoms with van der Waals surface area (Å²) in [4.78, 5) is 26.4. The number of aromatic nitrogens is 1. The fraction of sp³-hybridized carbons (Fsp3) is 0. The largest absolute Gasteiger partial charge is 0.504 e. The van der Waals surface area contributed by atoms with E-state index in [4.69, 9.17) is 0 Å². The number of pyridine rings is 1. The molecule has 1 aromatic heterocycles. The Kier molecular flexibility index (Phi) is 3.34. The molecule has 1 aromatic carbocycles. The van der Waals surface area contributed by atoms with Crippen molar-refractivity contribution in [2.45, 2.75) is 0 Å². The number of aromatic hydroxyl groups is 2. The number of amides is 1. The molecule has 0 saturated heterocycles. The van der Waals surface area contributed by atoms with Gasteiger partial charge in [-0.3, -0.25) is 20.4 Å². The van der Waals surface area contributed by atoms with Crippen molar-refractivity contribution < 1.29 is 15.0 Å². The minimum atomic E-state index is -0.716.